The van der Waals surface area contributed by atoms with Gasteiger partial charge in [0.05, 0.1) is 0 Å². The predicted octanol–water partition coefficient (Wildman–Crippen LogP) is 4.81. The maximum absolute atomic E-state index is 13.1. The molecule has 1 atom stereocenters. The summed E-state index contributed by atoms with van der Waals surface area (Å²) in [6, 6.07) is 12.1. The molecule has 2 aliphatic heterocycles. The number of H-pyrrole nitrogens is 1. The van der Waals surface area contributed by atoms with E-state index in [2.05, 4.69) is 27.5 Å². The normalized spacial score (nSPS) is 19.5. The van der Waals surface area contributed by atoms with E-state index in [1.807, 2.05) is 18.2 Å². The minimum Gasteiger partial charge on any atom is -0.361 e. The molecule has 1 aromatic heterocycles. The monoisotopic (exact) mass is 375 g/mol. The van der Waals surface area contributed by atoms with Gasteiger partial charge in [0.2, 0.25) is 0 Å². The van der Waals surface area contributed by atoms with Crippen LogP contribution in [0.4, 0.5) is 10.1 Å². The van der Waals surface area contributed by atoms with Gasteiger partial charge in [-0.15, -0.1) is 0 Å². The Balaban J connectivity index is 1.42. The molecule has 1 unspecified atom stereocenters. The molecule has 1 amide bonds. The molecular formula is C23H22FN3O. The van der Waals surface area contributed by atoms with Gasteiger partial charge in [-0.25, -0.2) is 4.39 Å². The Morgan fingerprint density at radius 2 is 2.04 bits per heavy atom. The lowest BCUT2D eigenvalue weighted by atomic mass is 9.94. The summed E-state index contributed by atoms with van der Waals surface area (Å²) in [5.74, 6) is -0.591. The minimum absolute atomic E-state index is 0.241. The van der Waals surface area contributed by atoms with Gasteiger partial charge >= 0.3 is 0 Å². The van der Waals surface area contributed by atoms with Crippen LogP contribution in [0, 0.1) is 5.82 Å². The smallest absolute Gasteiger partial charge is 0.255 e. The number of benzene rings is 2. The highest BCUT2D eigenvalue weighted by molar-refractivity contribution is 6.05. The van der Waals surface area contributed by atoms with Crippen molar-refractivity contribution in [3.8, 4) is 0 Å². The fourth-order valence-electron chi connectivity index (χ4n) is 4.42. The average Bonchev–Trinajstić information content (AvgIpc) is 3.34. The van der Waals surface area contributed by atoms with Crippen LogP contribution >= 0.6 is 0 Å². The number of anilines is 1. The van der Waals surface area contributed by atoms with Crippen LogP contribution in [0.3, 0.4) is 0 Å². The van der Waals surface area contributed by atoms with Crippen molar-refractivity contribution in [1.82, 2.24) is 9.88 Å². The van der Waals surface area contributed by atoms with Crippen molar-refractivity contribution in [3.05, 3.63) is 71.7 Å². The highest BCUT2D eigenvalue weighted by Crippen LogP contribution is 2.35. The number of aromatic nitrogens is 1. The molecule has 4 nitrogen and oxygen atoms in total. The largest absolute Gasteiger partial charge is 0.361 e. The van der Waals surface area contributed by atoms with Gasteiger partial charge in [0.1, 0.15) is 5.82 Å². The van der Waals surface area contributed by atoms with Gasteiger partial charge in [0, 0.05) is 46.5 Å². The number of hydrogen-bond acceptors (Lipinski definition) is 2. The molecule has 3 aromatic rings. The van der Waals surface area contributed by atoms with Crippen molar-refractivity contribution in [2.45, 2.75) is 25.3 Å². The van der Waals surface area contributed by atoms with Gasteiger partial charge in [-0.3, -0.25) is 9.69 Å². The van der Waals surface area contributed by atoms with Gasteiger partial charge in [-0.05, 0) is 73.8 Å². The number of amides is 1. The fraction of sp³-hybridized carbons (Fsp3) is 0.261. The second-order valence-electron chi connectivity index (χ2n) is 7.65. The molecule has 2 aliphatic rings. The van der Waals surface area contributed by atoms with E-state index >= 15 is 0 Å². The summed E-state index contributed by atoms with van der Waals surface area (Å²) in [4.78, 5) is 18.4. The lowest BCUT2D eigenvalue weighted by molar-refractivity contribution is 0.102. The van der Waals surface area contributed by atoms with Crippen LogP contribution in [-0.2, 0) is 0 Å². The van der Waals surface area contributed by atoms with Crippen LogP contribution in [0.2, 0.25) is 0 Å². The van der Waals surface area contributed by atoms with E-state index in [9.17, 15) is 9.18 Å². The van der Waals surface area contributed by atoms with Gasteiger partial charge in [-0.1, -0.05) is 6.08 Å². The first-order valence-electron chi connectivity index (χ1n) is 9.79. The zero-order valence-electron chi connectivity index (χ0n) is 15.5. The van der Waals surface area contributed by atoms with Crippen LogP contribution in [0.15, 0.2) is 54.7 Å². The van der Waals surface area contributed by atoms with E-state index in [0.29, 0.717) is 11.6 Å². The summed E-state index contributed by atoms with van der Waals surface area (Å²) >= 11 is 0. The number of aromatic amines is 1. The van der Waals surface area contributed by atoms with E-state index < -0.39 is 0 Å². The SMILES string of the molecule is O=C(Nc1ccc2[nH]cc(C3=CCN4CCCC4C3)c2c1)c1ccc(F)cc1. The van der Waals surface area contributed by atoms with Gasteiger partial charge in [-0.2, -0.15) is 0 Å². The second kappa shape index (κ2) is 6.91. The highest BCUT2D eigenvalue weighted by atomic mass is 19.1. The Labute approximate surface area is 163 Å². The molecule has 0 spiro atoms. The molecule has 5 heteroatoms. The van der Waals surface area contributed by atoms with E-state index in [-0.39, 0.29) is 11.7 Å². The van der Waals surface area contributed by atoms with Crippen molar-refractivity contribution in [2.75, 3.05) is 18.4 Å². The second-order valence-corrected chi connectivity index (χ2v) is 7.65. The zero-order valence-corrected chi connectivity index (χ0v) is 15.5. The molecule has 0 bridgehead atoms. The molecule has 2 N–H and O–H groups in total. The number of carbonyl (C=O) groups is 1. The Bertz CT molecular complexity index is 1070. The molecule has 0 saturated carbocycles. The Kier molecular flexibility index (Phi) is 4.24. The van der Waals surface area contributed by atoms with Crippen LogP contribution in [0.25, 0.3) is 16.5 Å². The van der Waals surface area contributed by atoms with Crippen LogP contribution in [0.1, 0.15) is 35.2 Å². The molecule has 28 heavy (non-hydrogen) atoms. The van der Waals surface area contributed by atoms with Crippen molar-refractivity contribution in [3.63, 3.8) is 0 Å². The summed E-state index contributed by atoms with van der Waals surface area (Å²) in [5, 5.41) is 4.04. The first-order chi connectivity index (χ1) is 13.7. The molecule has 0 radical (unpaired) electrons. The predicted molar refractivity (Wildman–Crippen MR) is 110 cm³/mol. The Morgan fingerprint density at radius 3 is 2.89 bits per heavy atom. The maximum Gasteiger partial charge on any atom is 0.255 e. The molecule has 0 aliphatic carbocycles. The summed E-state index contributed by atoms with van der Waals surface area (Å²) in [6.07, 6.45) is 8.07. The first kappa shape index (κ1) is 17.2. The number of nitrogens with zero attached hydrogens (tertiary/aromatic N) is 1. The summed E-state index contributed by atoms with van der Waals surface area (Å²) in [6.45, 7) is 2.23. The number of carbonyl (C=O) groups excluding carboxylic acids is 1. The third-order valence-electron chi connectivity index (χ3n) is 5.92. The van der Waals surface area contributed by atoms with Crippen LogP contribution in [0.5, 0.6) is 0 Å². The molecule has 142 valence electrons. The minimum atomic E-state index is -0.350. The molecule has 1 saturated heterocycles. The van der Waals surface area contributed by atoms with E-state index in [1.165, 1.54) is 54.8 Å². The number of nitrogens with one attached hydrogen (secondary N) is 2. The third kappa shape index (κ3) is 3.12. The van der Waals surface area contributed by atoms with Crippen molar-refractivity contribution < 1.29 is 9.18 Å². The Hall–Kier alpha value is -2.92. The first-order valence-corrected chi connectivity index (χ1v) is 9.79. The highest BCUT2D eigenvalue weighted by Gasteiger charge is 2.28. The molecule has 3 heterocycles. The summed E-state index contributed by atoms with van der Waals surface area (Å²) in [5.41, 5.74) is 4.84. The summed E-state index contributed by atoms with van der Waals surface area (Å²) in [7, 11) is 0. The van der Waals surface area contributed by atoms with Gasteiger partial charge in [0.25, 0.3) is 5.91 Å². The van der Waals surface area contributed by atoms with Crippen LogP contribution in [-0.4, -0.2) is 34.9 Å². The third-order valence-corrected chi connectivity index (χ3v) is 5.92. The number of halogens is 1. The quantitative estimate of drug-likeness (QED) is 0.690. The molecule has 2 aromatic carbocycles. The summed E-state index contributed by atoms with van der Waals surface area (Å²) < 4.78 is 13.1. The standard InChI is InChI=1S/C23H22FN3O/c24-17-5-3-15(4-6-17)23(28)26-18-7-8-22-20(13-18)21(14-25-22)16-9-11-27-10-1-2-19(27)12-16/h3-9,13-14,19,25H,1-2,10-12H2,(H,26,28). The van der Waals surface area contributed by atoms with E-state index in [0.717, 1.165) is 29.6 Å². The fourth-order valence-corrected chi connectivity index (χ4v) is 4.42. The molecular weight excluding hydrogens is 353 g/mol. The molecule has 5 rings (SSSR count). The average molecular weight is 375 g/mol. The van der Waals surface area contributed by atoms with Crippen molar-refractivity contribution in [1.29, 1.82) is 0 Å². The topological polar surface area (TPSA) is 48.1 Å². The van der Waals surface area contributed by atoms with E-state index in [4.69, 9.17) is 0 Å². The lowest BCUT2D eigenvalue weighted by Crippen LogP contribution is -2.32. The van der Waals surface area contributed by atoms with Crippen LogP contribution < -0.4 is 5.32 Å². The Morgan fingerprint density at radius 1 is 1.18 bits per heavy atom. The number of fused-ring (bicyclic) bond motifs is 2. The van der Waals surface area contributed by atoms with Crippen molar-refractivity contribution in [2.24, 2.45) is 0 Å². The van der Waals surface area contributed by atoms with E-state index in [1.54, 1.807) is 0 Å². The maximum atomic E-state index is 13.1. The van der Waals surface area contributed by atoms with Crippen molar-refractivity contribution >= 4 is 28.1 Å². The van der Waals surface area contributed by atoms with Gasteiger partial charge in [0.15, 0.2) is 0 Å². The van der Waals surface area contributed by atoms with Gasteiger partial charge < -0.3 is 10.3 Å². The lowest BCUT2D eigenvalue weighted by Gasteiger charge is -2.29. The zero-order chi connectivity index (χ0) is 19.1. The number of rotatable bonds is 3. The number of hydrogen-bond donors (Lipinski definition) is 2. The molecule has 1 fully saturated rings.